The Kier molecular flexibility index (Phi) is 2.41. The first-order valence-corrected chi connectivity index (χ1v) is 4.34. The van der Waals surface area contributed by atoms with Crippen LogP contribution in [0.4, 0.5) is 17.6 Å². The van der Waals surface area contributed by atoms with E-state index in [0.717, 1.165) is 12.1 Å². The van der Waals surface area contributed by atoms with Gasteiger partial charge < -0.3 is 0 Å². The minimum absolute atomic E-state index is 0.140. The number of hydrogen-bond donors (Lipinski definition) is 1. The Morgan fingerprint density at radius 2 is 1.81 bits per heavy atom. The maximum Gasteiger partial charge on any atom is 0.416 e. The summed E-state index contributed by atoms with van der Waals surface area (Å²) in [5, 5.41) is 6.04. The highest BCUT2D eigenvalue weighted by Gasteiger charge is 2.31. The summed E-state index contributed by atoms with van der Waals surface area (Å²) in [5.74, 6) is -0.925. The number of benzene rings is 1. The van der Waals surface area contributed by atoms with E-state index in [1.54, 1.807) is 0 Å². The van der Waals surface area contributed by atoms with Crippen molar-refractivity contribution in [3.05, 3.63) is 42.0 Å². The molecule has 0 fully saturated rings. The zero-order valence-corrected chi connectivity index (χ0v) is 7.85. The van der Waals surface area contributed by atoms with E-state index in [1.165, 1.54) is 12.4 Å². The summed E-state index contributed by atoms with van der Waals surface area (Å²) >= 11 is 0. The molecule has 0 amide bonds. The van der Waals surface area contributed by atoms with E-state index < -0.39 is 17.6 Å². The minimum atomic E-state index is -4.55. The molecule has 2 nitrogen and oxygen atoms in total. The van der Waals surface area contributed by atoms with Crippen LogP contribution in [0.15, 0.2) is 30.6 Å². The van der Waals surface area contributed by atoms with Gasteiger partial charge in [-0.25, -0.2) is 4.39 Å². The van der Waals surface area contributed by atoms with Crippen LogP contribution >= 0.6 is 0 Å². The average molecular weight is 230 g/mol. The predicted octanol–water partition coefficient (Wildman–Crippen LogP) is 3.23. The number of hydrogen-bond acceptors (Lipinski definition) is 1. The van der Waals surface area contributed by atoms with Crippen LogP contribution in [0.25, 0.3) is 11.1 Å². The minimum Gasteiger partial charge on any atom is -0.285 e. The SMILES string of the molecule is Fc1cc(-c2cn[nH]c2)cc(C(F)(F)F)c1. The van der Waals surface area contributed by atoms with Gasteiger partial charge in [0.25, 0.3) is 0 Å². The van der Waals surface area contributed by atoms with Crippen molar-refractivity contribution in [3.63, 3.8) is 0 Å². The van der Waals surface area contributed by atoms with Crippen molar-refractivity contribution in [2.45, 2.75) is 6.18 Å². The van der Waals surface area contributed by atoms with Crippen LogP contribution in [0.1, 0.15) is 5.56 Å². The molecule has 0 atom stereocenters. The molecule has 1 heterocycles. The summed E-state index contributed by atoms with van der Waals surface area (Å²) in [7, 11) is 0. The Bertz CT molecular complexity index is 488. The molecule has 0 unspecified atom stereocenters. The second-order valence-corrected chi connectivity index (χ2v) is 3.21. The van der Waals surface area contributed by atoms with E-state index in [9.17, 15) is 17.6 Å². The monoisotopic (exact) mass is 230 g/mol. The first-order valence-electron chi connectivity index (χ1n) is 4.34. The second-order valence-electron chi connectivity index (χ2n) is 3.21. The van der Waals surface area contributed by atoms with Gasteiger partial charge in [-0.3, -0.25) is 5.10 Å². The summed E-state index contributed by atoms with van der Waals surface area (Å²) in [6.45, 7) is 0. The van der Waals surface area contributed by atoms with Gasteiger partial charge in [-0.2, -0.15) is 18.3 Å². The van der Waals surface area contributed by atoms with Crippen molar-refractivity contribution >= 4 is 0 Å². The molecule has 0 aliphatic rings. The van der Waals surface area contributed by atoms with Crippen LogP contribution in [0.2, 0.25) is 0 Å². The highest BCUT2D eigenvalue weighted by molar-refractivity contribution is 5.62. The third-order valence-corrected chi connectivity index (χ3v) is 2.06. The van der Waals surface area contributed by atoms with Crippen molar-refractivity contribution in [2.24, 2.45) is 0 Å². The standard InChI is InChI=1S/C10H6F4N2/c11-9-2-6(7-4-15-16-5-7)1-8(3-9)10(12,13)14/h1-5H,(H,15,16). The molecule has 0 spiro atoms. The number of alkyl halides is 3. The lowest BCUT2D eigenvalue weighted by Gasteiger charge is -2.08. The third-order valence-electron chi connectivity index (χ3n) is 2.06. The van der Waals surface area contributed by atoms with Crippen LogP contribution in [0, 0.1) is 5.82 Å². The smallest absolute Gasteiger partial charge is 0.285 e. The molecule has 0 saturated carbocycles. The Labute approximate surface area is 87.9 Å². The average Bonchev–Trinajstić information content (AvgIpc) is 2.68. The number of rotatable bonds is 1. The van der Waals surface area contributed by atoms with E-state index in [2.05, 4.69) is 10.2 Å². The van der Waals surface area contributed by atoms with Gasteiger partial charge in [-0.05, 0) is 23.8 Å². The molecule has 0 aliphatic carbocycles. The second kappa shape index (κ2) is 3.62. The maximum atomic E-state index is 13.0. The molecule has 1 N–H and O–H groups in total. The van der Waals surface area contributed by atoms with E-state index in [-0.39, 0.29) is 5.56 Å². The van der Waals surface area contributed by atoms with E-state index >= 15 is 0 Å². The number of aromatic amines is 1. The Morgan fingerprint density at radius 1 is 1.06 bits per heavy atom. The van der Waals surface area contributed by atoms with Crippen molar-refractivity contribution in [1.82, 2.24) is 10.2 Å². The highest BCUT2D eigenvalue weighted by Crippen LogP contribution is 2.32. The van der Waals surface area contributed by atoms with Crippen LogP contribution in [-0.2, 0) is 6.18 Å². The normalized spacial score (nSPS) is 11.8. The molecule has 2 rings (SSSR count). The lowest BCUT2D eigenvalue weighted by Crippen LogP contribution is -2.05. The molecule has 84 valence electrons. The van der Waals surface area contributed by atoms with Crippen LogP contribution in [-0.4, -0.2) is 10.2 Å². The number of aromatic nitrogens is 2. The zero-order chi connectivity index (χ0) is 11.8. The van der Waals surface area contributed by atoms with Gasteiger partial charge in [-0.1, -0.05) is 0 Å². The molecule has 16 heavy (non-hydrogen) atoms. The zero-order valence-electron chi connectivity index (χ0n) is 7.85. The van der Waals surface area contributed by atoms with Crippen molar-refractivity contribution < 1.29 is 17.6 Å². The summed E-state index contributed by atoms with van der Waals surface area (Å²) < 4.78 is 50.2. The fraction of sp³-hybridized carbons (Fsp3) is 0.100. The topological polar surface area (TPSA) is 28.7 Å². The van der Waals surface area contributed by atoms with E-state index in [4.69, 9.17) is 0 Å². The van der Waals surface area contributed by atoms with Crippen LogP contribution < -0.4 is 0 Å². The largest absolute Gasteiger partial charge is 0.416 e. The predicted molar refractivity (Wildman–Crippen MR) is 49.0 cm³/mol. The molecule has 1 aromatic carbocycles. The van der Waals surface area contributed by atoms with Crippen LogP contribution in [0.5, 0.6) is 0 Å². The molecule has 0 bridgehead atoms. The van der Waals surface area contributed by atoms with E-state index in [0.29, 0.717) is 11.6 Å². The maximum absolute atomic E-state index is 13.0. The van der Waals surface area contributed by atoms with Crippen molar-refractivity contribution in [3.8, 4) is 11.1 Å². The quantitative estimate of drug-likeness (QED) is 0.748. The van der Waals surface area contributed by atoms with Gasteiger partial charge in [0.15, 0.2) is 0 Å². The lowest BCUT2D eigenvalue weighted by molar-refractivity contribution is -0.137. The summed E-state index contributed by atoms with van der Waals surface area (Å²) in [5.41, 5.74) is -0.463. The molecular formula is C10H6F4N2. The lowest BCUT2D eigenvalue weighted by atomic mass is 10.1. The van der Waals surface area contributed by atoms with Gasteiger partial charge >= 0.3 is 6.18 Å². The molecule has 0 radical (unpaired) electrons. The highest BCUT2D eigenvalue weighted by atomic mass is 19.4. The molecule has 2 aromatic rings. The van der Waals surface area contributed by atoms with Gasteiger partial charge in [-0.15, -0.1) is 0 Å². The Hall–Kier alpha value is -1.85. The summed E-state index contributed by atoms with van der Waals surface area (Å²) in [4.78, 5) is 0. The molecule has 0 saturated heterocycles. The van der Waals surface area contributed by atoms with Gasteiger partial charge in [0.2, 0.25) is 0 Å². The summed E-state index contributed by atoms with van der Waals surface area (Å²) in [6, 6.07) is 2.37. The summed E-state index contributed by atoms with van der Waals surface area (Å²) in [6.07, 6.45) is -1.83. The number of nitrogens with zero attached hydrogens (tertiary/aromatic N) is 1. The van der Waals surface area contributed by atoms with E-state index in [1.807, 2.05) is 0 Å². The fourth-order valence-electron chi connectivity index (χ4n) is 1.33. The first kappa shape index (κ1) is 10.7. The molecule has 1 aromatic heterocycles. The number of halogens is 4. The van der Waals surface area contributed by atoms with Gasteiger partial charge in [0.1, 0.15) is 5.82 Å². The third kappa shape index (κ3) is 2.05. The first-order chi connectivity index (χ1) is 7.47. The molecular weight excluding hydrogens is 224 g/mol. The van der Waals surface area contributed by atoms with Gasteiger partial charge in [0, 0.05) is 11.8 Å². The van der Waals surface area contributed by atoms with Crippen molar-refractivity contribution in [2.75, 3.05) is 0 Å². The number of H-pyrrole nitrogens is 1. The number of nitrogens with one attached hydrogen (secondary N) is 1. The Morgan fingerprint density at radius 3 is 2.38 bits per heavy atom. The van der Waals surface area contributed by atoms with Crippen molar-refractivity contribution in [1.29, 1.82) is 0 Å². The molecule has 6 heteroatoms. The Balaban J connectivity index is 2.53. The van der Waals surface area contributed by atoms with Gasteiger partial charge in [0.05, 0.1) is 11.8 Å². The molecule has 0 aliphatic heterocycles. The fourth-order valence-corrected chi connectivity index (χ4v) is 1.33. The van der Waals surface area contributed by atoms with Crippen LogP contribution in [0.3, 0.4) is 0 Å².